The fourth-order valence-electron chi connectivity index (χ4n) is 1.24. The lowest BCUT2D eigenvalue weighted by Gasteiger charge is -2.06. The minimum atomic E-state index is 0.409. The van der Waals surface area contributed by atoms with E-state index in [4.69, 9.17) is 27.9 Å². The maximum atomic E-state index is 6.07. The number of nitrogens with zero attached hydrogens (tertiary/aromatic N) is 2. The summed E-state index contributed by atoms with van der Waals surface area (Å²) < 4.78 is 5.90. The summed E-state index contributed by atoms with van der Waals surface area (Å²) in [7, 11) is 1.62. The van der Waals surface area contributed by atoms with E-state index in [0.717, 1.165) is 14.1 Å². The van der Waals surface area contributed by atoms with Crippen LogP contribution in [0.25, 0.3) is 10.7 Å². The summed E-state index contributed by atoms with van der Waals surface area (Å²) in [4.78, 5) is 9.57. The smallest absolute Gasteiger partial charge is 0.171 e. The highest BCUT2D eigenvalue weighted by Crippen LogP contribution is 2.30. The molecule has 7 heteroatoms. The van der Waals surface area contributed by atoms with Crippen molar-refractivity contribution >= 4 is 57.1 Å². The molecule has 0 radical (unpaired) electrons. The molecule has 17 heavy (non-hydrogen) atoms. The first-order valence-electron chi connectivity index (χ1n) is 4.57. The van der Waals surface area contributed by atoms with Crippen molar-refractivity contribution in [1.82, 2.24) is 9.97 Å². The molecule has 0 aromatic carbocycles. The maximum Gasteiger partial charge on any atom is 0.171 e. The Morgan fingerprint density at radius 2 is 2.18 bits per heavy atom. The van der Waals surface area contributed by atoms with Gasteiger partial charge in [-0.3, -0.25) is 0 Å². The Bertz CT molecular complexity index is 547. The first kappa shape index (κ1) is 13.5. The predicted molar refractivity (Wildman–Crippen MR) is 78.8 cm³/mol. The number of hydrogen-bond acceptors (Lipinski definition) is 4. The lowest BCUT2D eigenvalue weighted by Crippen LogP contribution is -2.01. The van der Waals surface area contributed by atoms with Crippen molar-refractivity contribution in [3.05, 3.63) is 30.9 Å². The standard InChI is InChI=1S/C10H7Cl2IN2OS/c1-16-3-6-8(13)9(12)15-10(14-6)7-2-5(11)4-17-7/h2,4H,3H2,1H3. The largest absolute Gasteiger partial charge is 0.378 e. The molecule has 0 spiro atoms. The van der Waals surface area contributed by atoms with E-state index >= 15 is 0 Å². The monoisotopic (exact) mass is 400 g/mol. The first-order chi connectivity index (χ1) is 8.11. The summed E-state index contributed by atoms with van der Waals surface area (Å²) in [5.41, 5.74) is 0.785. The molecule has 90 valence electrons. The molecule has 0 saturated carbocycles. The summed E-state index contributed by atoms with van der Waals surface area (Å²) >= 11 is 15.5. The molecular weight excluding hydrogens is 394 g/mol. The topological polar surface area (TPSA) is 35.0 Å². The van der Waals surface area contributed by atoms with Crippen LogP contribution in [0.1, 0.15) is 5.69 Å². The van der Waals surface area contributed by atoms with Crippen LogP contribution in [-0.2, 0) is 11.3 Å². The van der Waals surface area contributed by atoms with E-state index in [-0.39, 0.29) is 0 Å². The van der Waals surface area contributed by atoms with Gasteiger partial charge in [0.1, 0.15) is 5.15 Å². The van der Waals surface area contributed by atoms with Gasteiger partial charge in [0.2, 0.25) is 0 Å². The number of ether oxygens (including phenoxy) is 1. The van der Waals surface area contributed by atoms with Crippen LogP contribution in [0.5, 0.6) is 0 Å². The molecule has 0 aliphatic rings. The van der Waals surface area contributed by atoms with Crippen molar-refractivity contribution in [2.75, 3.05) is 7.11 Å². The lowest BCUT2D eigenvalue weighted by atomic mass is 10.4. The van der Waals surface area contributed by atoms with Gasteiger partial charge in [-0.2, -0.15) is 0 Å². The van der Waals surface area contributed by atoms with E-state index in [1.807, 2.05) is 11.4 Å². The third kappa shape index (κ3) is 3.08. The fraction of sp³-hybridized carbons (Fsp3) is 0.200. The van der Waals surface area contributed by atoms with Crippen LogP contribution >= 0.6 is 57.1 Å². The summed E-state index contributed by atoms with van der Waals surface area (Å²) in [6.45, 7) is 0.409. The number of hydrogen-bond donors (Lipinski definition) is 0. The second-order valence-electron chi connectivity index (χ2n) is 3.16. The summed E-state index contributed by atoms with van der Waals surface area (Å²) in [5, 5.41) is 2.95. The van der Waals surface area contributed by atoms with Gasteiger partial charge >= 0.3 is 0 Å². The van der Waals surface area contributed by atoms with Crippen molar-refractivity contribution in [2.45, 2.75) is 6.61 Å². The SMILES string of the molecule is COCc1nc(-c2cc(Cl)cs2)nc(Cl)c1I. The van der Waals surface area contributed by atoms with Gasteiger partial charge in [-0.15, -0.1) is 11.3 Å². The van der Waals surface area contributed by atoms with Crippen molar-refractivity contribution < 1.29 is 4.74 Å². The van der Waals surface area contributed by atoms with Crippen LogP contribution in [0, 0.1) is 3.57 Å². The molecule has 0 fully saturated rings. The van der Waals surface area contributed by atoms with E-state index in [1.54, 1.807) is 7.11 Å². The second kappa shape index (κ2) is 5.79. The molecule has 0 saturated heterocycles. The van der Waals surface area contributed by atoms with E-state index in [1.165, 1.54) is 11.3 Å². The molecule has 2 rings (SSSR count). The normalized spacial score (nSPS) is 10.8. The lowest BCUT2D eigenvalue weighted by molar-refractivity contribution is 0.181. The van der Waals surface area contributed by atoms with E-state index in [0.29, 0.717) is 22.6 Å². The third-order valence-electron chi connectivity index (χ3n) is 1.95. The highest BCUT2D eigenvalue weighted by molar-refractivity contribution is 14.1. The third-order valence-corrected chi connectivity index (χ3v) is 4.95. The van der Waals surface area contributed by atoms with Crippen molar-refractivity contribution in [3.63, 3.8) is 0 Å². The molecule has 0 aliphatic heterocycles. The van der Waals surface area contributed by atoms with E-state index in [9.17, 15) is 0 Å². The van der Waals surface area contributed by atoms with E-state index in [2.05, 4.69) is 32.6 Å². The van der Waals surface area contributed by atoms with Crippen LogP contribution in [0.4, 0.5) is 0 Å². The molecule has 2 heterocycles. The van der Waals surface area contributed by atoms with Crippen LogP contribution < -0.4 is 0 Å². The molecule has 0 unspecified atom stereocenters. The predicted octanol–water partition coefficient (Wildman–Crippen LogP) is 4.26. The Hall–Kier alpha value is 0.0500. The Balaban J connectivity index is 2.48. The number of halogens is 3. The number of thiophene rings is 1. The van der Waals surface area contributed by atoms with Gasteiger partial charge in [-0.05, 0) is 28.7 Å². The number of aromatic nitrogens is 2. The fourth-order valence-corrected chi connectivity index (χ4v) is 2.83. The zero-order chi connectivity index (χ0) is 12.4. The highest BCUT2D eigenvalue weighted by atomic mass is 127. The average molecular weight is 401 g/mol. The summed E-state index contributed by atoms with van der Waals surface area (Å²) in [6, 6.07) is 1.82. The minimum Gasteiger partial charge on any atom is -0.378 e. The van der Waals surface area contributed by atoms with Crippen molar-refractivity contribution in [1.29, 1.82) is 0 Å². The van der Waals surface area contributed by atoms with Crippen molar-refractivity contribution in [2.24, 2.45) is 0 Å². The Morgan fingerprint density at radius 3 is 2.76 bits per heavy atom. The van der Waals surface area contributed by atoms with Gasteiger partial charge in [0, 0.05) is 12.5 Å². The minimum absolute atomic E-state index is 0.409. The van der Waals surface area contributed by atoms with Gasteiger partial charge in [-0.1, -0.05) is 23.2 Å². The van der Waals surface area contributed by atoms with Gasteiger partial charge in [0.25, 0.3) is 0 Å². The van der Waals surface area contributed by atoms with Gasteiger partial charge in [0.05, 0.1) is 25.8 Å². The summed E-state index contributed by atoms with van der Waals surface area (Å²) in [6.07, 6.45) is 0. The Labute approximate surface area is 126 Å². The molecule has 2 aromatic rings. The Morgan fingerprint density at radius 1 is 1.41 bits per heavy atom. The second-order valence-corrected chi connectivity index (χ2v) is 5.95. The molecule has 0 amide bonds. The van der Waals surface area contributed by atoms with Crippen molar-refractivity contribution in [3.8, 4) is 10.7 Å². The Kier molecular flexibility index (Phi) is 4.59. The molecule has 0 atom stereocenters. The van der Waals surface area contributed by atoms with Gasteiger partial charge < -0.3 is 4.74 Å². The number of rotatable bonds is 3. The van der Waals surface area contributed by atoms with Crippen LogP contribution in [0.15, 0.2) is 11.4 Å². The zero-order valence-corrected chi connectivity index (χ0v) is 13.2. The highest BCUT2D eigenvalue weighted by Gasteiger charge is 2.13. The van der Waals surface area contributed by atoms with Crippen LogP contribution in [0.2, 0.25) is 10.2 Å². The van der Waals surface area contributed by atoms with Gasteiger partial charge in [-0.25, -0.2) is 9.97 Å². The average Bonchev–Trinajstić information content (AvgIpc) is 2.71. The maximum absolute atomic E-state index is 6.07. The zero-order valence-electron chi connectivity index (χ0n) is 8.71. The molecule has 2 aromatic heterocycles. The van der Waals surface area contributed by atoms with Crippen LogP contribution in [0.3, 0.4) is 0 Å². The van der Waals surface area contributed by atoms with E-state index < -0.39 is 0 Å². The quantitative estimate of drug-likeness (QED) is 0.570. The molecule has 0 bridgehead atoms. The van der Waals surface area contributed by atoms with Gasteiger partial charge in [0.15, 0.2) is 5.82 Å². The number of methoxy groups -OCH3 is 1. The molecule has 0 N–H and O–H groups in total. The molecule has 3 nitrogen and oxygen atoms in total. The summed E-state index contributed by atoms with van der Waals surface area (Å²) in [5.74, 6) is 0.583. The first-order valence-corrected chi connectivity index (χ1v) is 7.28. The molecule has 0 aliphatic carbocycles. The molecular formula is C10H7Cl2IN2OS. The van der Waals surface area contributed by atoms with Crippen LogP contribution in [-0.4, -0.2) is 17.1 Å².